The number of hydrogen-bond donors (Lipinski definition) is 4. The molecule has 2 aliphatic rings. The van der Waals surface area contributed by atoms with Crippen LogP contribution in [0, 0.1) is 5.82 Å². The lowest BCUT2D eigenvalue weighted by molar-refractivity contribution is -0.213. The van der Waals surface area contributed by atoms with E-state index in [9.17, 15) is 24.5 Å². The van der Waals surface area contributed by atoms with Gasteiger partial charge in [0.25, 0.3) is 5.91 Å². The van der Waals surface area contributed by atoms with Crippen LogP contribution in [0.4, 0.5) is 4.39 Å². The minimum atomic E-state index is -1.31. The van der Waals surface area contributed by atoms with Gasteiger partial charge in [-0.25, -0.2) is 13.8 Å². The summed E-state index contributed by atoms with van der Waals surface area (Å²) >= 11 is 0. The highest BCUT2D eigenvalue weighted by atomic mass is 19.1. The first kappa shape index (κ1) is 30.0. The molecule has 0 unspecified atom stereocenters. The summed E-state index contributed by atoms with van der Waals surface area (Å²) in [6, 6.07) is 13.4. The van der Waals surface area contributed by atoms with Crippen LogP contribution in [0.15, 0.2) is 67.0 Å². The summed E-state index contributed by atoms with van der Waals surface area (Å²) in [5, 5.41) is 52.1. The Hall–Kier alpha value is -4.08. The second-order valence-corrected chi connectivity index (χ2v) is 11.1. The van der Waals surface area contributed by atoms with Crippen LogP contribution in [-0.4, -0.2) is 101 Å². The molecule has 4 aromatic rings. The highest BCUT2D eigenvalue weighted by Crippen LogP contribution is 2.34. The van der Waals surface area contributed by atoms with E-state index in [-0.39, 0.29) is 0 Å². The Labute approximate surface area is 252 Å². The first-order chi connectivity index (χ1) is 21.4. The van der Waals surface area contributed by atoms with Gasteiger partial charge < -0.3 is 30.1 Å². The predicted octanol–water partition coefficient (Wildman–Crippen LogP) is 1.29. The number of rotatable bonds is 8. The minimum Gasteiger partial charge on any atom is -0.394 e. The zero-order valence-corrected chi connectivity index (χ0v) is 23.9. The number of hydrogen-bond acceptors (Lipinski definition) is 10. The SMILES string of the molecule is CO[C@@H]1[C@@H](n2cc(-c3cccc(F)c3)nn2)[C@@H](O)[C@@H](CO)O[C@H]1C(=O)N[C@@H]1CCC[C@H](n2cc(-c3ccccc3)nn2)[C@H]1O. The van der Waals surface area contributed by atoms with E-state index in [1.54, 1.807) is 23.0 Å². The molecule has 2 fully saturated rings. The Bertz CT molecular complexity index is 1570. The van der Waals surface area contributed by atoms with E-state index in [0.29, 0.717) is 29.8 Å². The molecular weight excluding hydrogens is 573 g/mol. The molecule has 6 rings (SSSR count). The summed E-state index contributed by atoms with van der Waals surface area (Å²) in [4.78, 5) is 13.7. The monoisotopic (exact) mass is 607 g/mol. The molecule has 1 saturated carbocycles. The fourth-order valence-electron chi connectivity index (χ4n) is 6.12. The van der Waals surface area contributed by atoms with Crippen LogP contribution in [0.1, 0.15) is 31.3 Å². The molecule has 13 nitrogen and oxygen atoms in total. The molecule has 44 heavy (non-hydrogen) atoms. The molecule has 1 amide bonds. The van der Waals surface area contributed by atoms with E-state index in [0.717, 1.165) is 12.0 Å². The van der Waals surface area contributed by atoms with Gasteiger partial charge in [0, 0.05) is 18.2 Å². The number of ether oxygens (including phenoxy) is 2. The molecule has 1 aliphatic carbocycles. The van der Waals surface area contributed by atoms with E-state index in [4.69, 9.17) is 9.47 Å². The first-order valence-corrected chi connectivity index (χ1v) is 14.5. The number of aliphatic hydroxyl groups is 3. The fraction of sp³-hybridized carbons (Fsp3) is 0.433. The molecule has 1 aliphatic heterocycles. The second-order valence-electron chi connectivity index (χ2n) is 11.1. The van der Waals surface area contributed by atoms with Crippen LogP contribution < -0.4 is 5.32 Å². The molecule has 1 saturated heterocycles. The van der Waals surface area contributed by atoms with Gasteiger partial charge in [-0.05, 0) is 31.4 Å². The number of amides is 1. The Balaban J connectivity index is 1.20. The van der Waals surface area contributed by atoms with Crippen molar-refractivity contribution in [2.75, 3.05) is 13.7 Å². The largest absolute Gasteiger partial charge is 0.394 e. The van der Waals surface area contributed by atoms with Crippen molar-refractivity contribution >= 4 is 5.91 Å². The van der Waals surface area contributed by atoms with E-state index < -0.39 is 67.0 Å². The third-order valence-electron chi connectivity index (χ3n) is 8.40. The zero-order valence-electron chi connectivity index (χ0n) is 23.9. The maximum absolute atomic E-state index is 13.8. The van der Waals surface area contributed by atoms with Crippen molar-refractivity contribution in [2.45, 2.75) is 67.9 Å². The van der Waals surface area contributed by atoms with Crippen LogP contribution in [0.5, 0.6) is 0 Å². The average Bonchev–Trinajstić information content (AvgIpc) is 3.73. The van der Waals surface area contributed by atoms with E-state index in [2.05, 4.69) is 25.9 Å². The number of aromatic nitrogens is 6. The standard InChI is InChI=1S/C30H34FN7O6/c1-43-28-25(38-15-22(34-36-38)18-9-5-10-19(31)13-18)27(41)24(16-39)44-29(28)30(42)32-20-11-6-12-23(26(20)40)37-14-21(33-35-37)17-7-3-2-4-8-17/h2-5,7-10,13-15,20,23-29,39-41H,6,11-12,16H2,1H3,(H,32,42)/t20-,23+,24-,25+,26+,27+,28-,29-/m1/s1. The number of methoxy groups -OCH3 is 1. The molecule has 2 aromatic carbocycles. The number of benzene rings is 2. The maximum atomic E-state index is 13.8. The van der Waals surface area contributed by atoms with Crippen LogP contribution in [0.25, 0.3) is 22.5 Å². The lowest BCUT2D eigenvalue weighted by Crippen LogP contribution is -2.62. The summed E-state index contributed by atoms with van der Waals surface area (Å²) in [6.07, 6.45) is -0.558. The van der Waals surface area contributed by atoms with Gasteiger partial charge in [0.2, 0.25) is 0 Å². The Morgan fingerprint density at radius 1 is 1.00 bits per heavy atom. The quantitative estimate of drug-likeness (QED) is 0.229. The van der Waals surface area contributed by atoms with Gasteiger partial charge in [-0.2, -0.15) is 0 Å². The number of nitrogens with zero attached hydrogens (tertiary/aromatic N) is 6. The van der Waals surface area contributed by atoms with Crippen LogP contribution in [-0.2, 0) is 14.3 Å². The number of carbonyl (C=O) groups is 1. The molecule has 2 aromatic heterocycles. The normalized spacial score (nSPS) is 28.9. The molecule has 232 valence electrons. The van der Waals surface area contributed by atoms with Crippen molar-refractivity contribution in [3.05, 3.63) is 72.8 Å². The summed E-state index contributed by atoms with van der Waals surface area (Å²) in [5.41, 5.74) is 2.40. The molecule has 0 spiro atoms. The summed E-state index contributed by atoms with van der Waals surface area (Å²) < 4.78 is 28.3. The highest BCUT2D eigenvalue weighted by Gasteiger charge is 2.50. The molecule has 3 heterocycles. The van der Waals surface area contributed by atoms with Gasteiger partial charge in [-0.3, -0.25) is 4.79 Å². The Morgan fingerprint density at radius 2 is 1.70 bits per heavy atom. The van der Waals surface area contributed by atoms with E-state index in [1.165, 1.54) is 30.1 Å². The fourth-order valence-corrected chi connectivity index (χ4v) is 6.12. The van der Waals surface area contributed by atoms with Crippen molar-refractivity contribution in [1.29, 1.82) is 0 Å². The first-order valence-electron chi connectivity index (χ1n) is 14.5. The second kappa shape index (κ2) is 12.9. The van der Waals surface area contributed by atoms with Gasteiger partial charge in [0.15, 0.2) is 6.10 Å². The number of aliphatic hydroxyl groups excluding tert-OH is 3. The van der Waals surface area contributed by atoms with Crippen molar-refractivity contribution in [3.63, 3.8) is 0 Å². The predicted molar refractivity (Wildman–Crippen MR) is 153 cm³/mol. The maximum Gasteiger partial charge on any atom is 0.252 e. The summed E-state index contributed by atoms with van der Waals surface area (Å²) in [7, 11) is 1.37. The summed E-state index contributed by atoms with van der Waals surface area (Å²) in [5.74, 6) is -1.02. The van der Waals surface area contributed by atoms with Crippen molar-refractivity contribution in [3.8, 4) is 22.5 Å². The number of carbonyl (C=O) groups excluding carboxylic acids is 1. The van der Waals surface area contributed by atoms with E-state index in [1.807, 2.05) is 30.3 Å². The Kier molecular flexibility index (Phi) is 8.77. The molecule has 14 heteroatoms. The smallest absolute Gasteiger partial charge is 0.252 e. The topological polar surface area (TPSA) is 170 Å². The van der Waals surface area contributed by atoms with Gasteiger partial charge in [-0.15, -0.1) is 10.2 Å². The van der Waals surface area contributed by atoms with Crippen LogP contribution in [0.2, 0.25) is 0 Å². The third kappa shape index (κ3) is 5.86. The van der Waals surface area contributed by atoms with Crippen molar-refractivity contribution in [2.24, 2.45) is 0 Å². The highest BCUT2D eigenvalue weighted by molar-refractivity contribution is 5.82. The number of halogens is 1. The van der Waals surface area contributed by atoms with Gasteiger partial charge in [-0.1, -0.05) is 52.9 Å². The lowest BCUT2D eigenvalue weighted by Gasteiger charge is -2.43. The lowest BCUT2D eigenvalue weighted by atomic mass is 9.87. The van der Waals surface area contributed by atoms with Crippen LogP contribution in [0.3, 0.4) is 0 Å². The van der Waals surface area contributed by atoms with Gasteiger partial charge >= 0.3 is 0 Å². The molecule has 0 radical (unpaired) electrons. The van der Waals surface area contributed by atoms with Crippen molar-refractivity contribution < 1.29 is 34.0 Å². The average molecular weight is 608 g/mol. The minimum absolute atomic E-state index is 0.347. The van der Waals surface area contributed by atoms with Crippen LogP contribution >= 0.6 is 0 Å². The third-order valence-corrected chi connectivity index (χ3v) is 8.40. The molecular formula is C30H34FN7O6. The molecule has 4 N–H and O–H groups in total. The van der Waals surface area contributed by atoms with Gasteiger partial charge in [0.05, 0.1) is 37.2 Å². The van der Waals surface area contributed by atoms with E-state index >= 15 is 0 Å². The molecule has 8 atom stereocenters. The van der Waals surface area contributed by atoms with Crippen molar-refractivity contribution in [1.82, 2.24) is 35.3 Å². The Morgan fingerprint density at radius 3 is 2.43 bits per heavy atom. The van der Waals surface area contributed by atoms with Gasteiger partial charge in [0.1, 0.15) is 41.6 Å². The zero-order chi connectivity index (χ0) is 30.8. The molecule has 0 bridgehead atoms. The number of nitrogens with one attached hydrogen (secondary N) is 1. The summed E-state index contributed by atoms with van der Waals surface area (Å²) in [6.45, 7) is -0.576.